The first-order chi connectivity index (χ1) is 13.6. The summed E-state index contributed by atoms with van der Waals surface area (Å²) in [5, 5.41) is 2.93. The third-order valence-corrected chi connectivity index (χ3v) is 4.76. The van der Waals surface area contributed by atoms with Crippen molar-refractivity contribution in [3.8, 4) is 5.75 Å². The maximum absolute atomic E-state index is 12.5. The van der Waals surface area contributed by atoms with Crippen molar-refractivity contribution in [2.75, 3.05) is 23.9 Å². The van der Waals surface area contributed by atoms with Crippen LogP contribution < -0.4 is 15.0 Å². The minimum atomic E-state index is -0.153. The summed E-state index contributed by atoms with van der Waals surface area (Å²) in [5.74, 6) is 0.841. The maximum Gasteiger partial charge on any atom is 0.293 e. The quantitative estimate of drug-likeness (QED) is 0.737. The van der Waals surface area contributed by atoms with Crippen LogP contribution in [0.3, 0.4) is 0 Å². The lowest BCUT2D eigenvalue weighted by atomic mass is 10.1. The molecule has 0 aliphatic carbocycles. The lowest BCUT2D eigenvalue weighted by molar-refractivity contribution is -0.115. The zero-order valence-corrected chi connectivity index (χ0v) is 15.5. The Kier molecular flexibility index (Phi) is 4.85. The van der Waals surface area contributed by atoms with E-state index >= 15 is 0 Å². The first-order valence-corrected chi connectivity index (χ1v) is 9.05. The van der Waals surface area contributed by atoms with Gasteiger partial charge in [-0.25, -0.2) is 0 Å². The predicted molar refractivity (Wildman–Crippen MR) is 106 cm³/mol. The van der Waals surface area contributed by atoms with Gasteiger partial charge in [-0.3, -0.25) is 9.59 Å². The van der Waals surface area contributed by atoms with Crippen LogP contribution in [0.5, 0.6) is 5.75 Å². The van der Waals surface area contributed by atoms with Crippen molar-refractivity contribution in [2.24, 2.45) is 0 Å². The SMILES string of the molecule is COc1ccc(CC(=O)Nc2ccc3c(c2)CCN3C(=O)c2ccco2)cc1. The van der Waals surface area contributed by atoms with E-state index in [9.17, 15) is 9.59 Å². The molecule has 2 amide bonds. The summed E-state index contributed by atoms with van der Waals surface area (Å²) >= 11 is 0. The van der Waals surface area contributed by atoms with E-state index in [1.54, 1.807) is 24.1 Å². The molecule has 1 aliphatic heterocycles. The summed E-state index contributed by atoms with van der Waals surface area (Å²) in [5.41, 5.74) is 3.52. The molecular weight excluding hydrogens is 356 g/mol. The summed E-state index contributed by atoms with van der Waals surface area (Å²) in [4.78, 5) is 26.6. The molecule has 1 aromatic heterocycles. The van der Waals surface area contributed by atoms with Crippen LogP contribution in [0.4, 0.5) is 11.4 Å². The Morgan fingerprint density at radius 2 is 1.96 bits per heavy atom. The predicted octanol–water partition coefficient (Wildman–Crippen LogP) is 3.67. The molecule has 0 fully saturated rings. The van der Waals surface area contributed by atoms with E-state index in [-0.39, 0.29) is 18.2 Å². The monoisotopic (exact) mass is 376 g/mol. The van der Waals surface area contributed by atoms with E-state index in [4.69, 9.17) is 9.15 Å². The minimum absolute atomic E-state index is 0.0911. The number of rotatable bonds is 5. The van der Waals surface area contributed by atoms with Gasteiger partial charge in [-0.2, -0.15) is 0 Å². The normalized spacial score (nSPS) is 12.5. The van der Waals surface area contributed by atoms with E-state index in [1.807, 2.05) is 42.5 Å². The number of nitrogens with one attached hydrogen (secondary N) is 1. The number of hydrogen-bond acceptors (Lipinski definition) is 4. The standard InChI is InChI=1S/C22H20N2O4/c1-27-18-7-4-15(5-8-18)13-21(25)23-17-6-9-19-16(14-17)10-11-24(19)22(26)20-3-2-12-28-20/h2-9,12,14H,10-11,13H2,1H3,(H,23,25). The maximum atomic E-state index is 12.5. The van der Waals surface area contributed by atoms with Crippen LogP contribution in [0.2, 0.25) is 0 Å². The van der Waals surface area contributed by atoms with Crippen LogP contribution in [0.1, 0.15) is 21.7 Å². The first-order valence-electron chi connectivity index (χ1n) is 9.05. The van der Waals surface area contributed by atoms with Gasteiger partial charge in [-0.05, 0) is 60.0 Å². The van der Waals surface area contributed by atoms with Gasteiger partial charge in [0, 0.05) is 17.9 Å². The number of anilines is 2. The molecule has 6 heteroatoms. The molecule has 0 spiro atoms. The highest BCUT2D eigenvalue weighted by molar-refractivity contribution is 6.05. The molecule has 142 valence electrons. The van der Waals surface area contributed by atoms with Gasteiger partial charge in [0.2, 0.25) is 5.91 Å². The second kappa shape index (κ2) is 7.60. The fourth-order valence-electron chi connectivity index (χ4n) is 3.36. The molecule has 0 unspecified atom stereocenters. The molecule has 3 aromatic rings. The Morgan fingerprint density at radius 1 is 1.14 bits per heavy atom. The smallest absolute Gasteiger partial charge is 0.293 e. The Hall–Kier alpha value is -3.54. The van der Waals surface area contributed by atoms with Crippen LogP contribution in [0.25, 0.3) is 0 Å². The molecule has 4 rings (SSSR count). The summed E-state index contributed by atoms with van der Waals surface area (Å²) in [6, 6.07) is 16.4. The van der Waals surface area contributed by atoms with Crippen molar-refractivity contribution in [1.82, 2.24) is 0 Å². The number of hydrogen-bond donors (Lipinski definition) is 1. The van der Waals surface area contributed by atoms with Crippen LogP contribution in [0, 0.1) is 0 Å². The van der Waals surface area contributed by atoms with Gasteiger partial charge in [0.25, 0.3) is 5.91 Å². The molecular formula is C22H20N2O4. The lowest BCUT2D eigenvalue weighted by Crippen LogP contribution is -2.28. The molecule has 1 aliphatic rings. The summed E-state index contributed by atoms with van der Waals surface area (Å²) < 4.78 is 10.3. The van der Waals surface area contributed by atoms with E-state index in [0.29, 0.717) is 12.3 Å². The largest absolute Gasteiger partial charge is 0.497 e. The van der Waals surface area contributed by atoms with E-state index in [0.717, 1.165) is 34.7 Å². The number of nitrogens with zero attached hydrogens (tertiary/aromatic N) is 1. The Labute approximate surface area is 162 Å². The molecule has 1 N–H and O–H groups in total. The third kappa shape index (κ3) is 3.62. The van der Waals surface area contributed by atoms with Crippen LogP contribution in [-0.4, -0.2) is 25.5 Å². The Bertz CT molecular complexity index is 994. The van der Waals surface area contributed by atoms with E-state index in [1.165, 1.54) is 6.26 Å². The third-order valence-electron chi connectivity index (χ3n) is 4.76. The van der Waals surface area contributed by atoms with Gasteiger partial charge >= 0.3 is 0 Å². The van der Waals surface area contributed by atoms with Crippen LogP contribution in [-0.2, 0) is 17.6 Å². The topological polar surface area (TPSA) is 71.8 Å². The number of furan rings is 1. The van der Waals surface area contributed by atoms with Gasteiger partial charge in [-0.15, -0.1) is 0 Å². The second-order valence-electron chi connectivity index (χ2n) is 6.60. The average molecular weight is 376 g/mol. The van der Waals surface area contributed by atoms with Gasteiger partial charge in [0.15, 0.2) is 5.76 Å². The highest BCUT2D eigenvalue weighted by Crippen LogP contribution is 2.31. The zero-order valence-electron chi connectivity index (χ0n) is 15.5. The molecule has 0 saturated heterocycles. The van der Waals surface area contributed by atoms with Crippen LogP contribution >= 0.6 is 0 Å². The molecule has 0 radical (unpaired) electrons. The van der Waals surface area contributed by atoms with Crippen molar-refractivity contribution in [3.63, 3.8) is 0 Å². The molecule has 6 nitrogen and oxygen atoms in total. The zero-order chi connectivity index (χ0) is 19.5. The number of methoxy groups -OCH3 is 1. The molecule has 0 atom stereocenters. The van der Waals surface area contributed by atoms with Crippen molar-refractivity contribution < 1.29 is 18.7 Å². The number of amides is 2. The fourth-order valence-corrected chi connectivity index (χ4v) is 3.36. The fraction of sp³-hybridized carbons (Fsp3) is 0.182. The van der Waals surface area contributed by atoms with E-state index < -0.39 is 0 Å². The molecule has 2 aromatic carbocycles. The number of fused-ring (bicyclic) bond motifs is 1. The van der Waals surface area contributed by atoms with Crippen molar-refractivity contribution in [3.05, 3.63) is 77.7 Å². The number of ether oxygens (including phenoxy) is 1. The van der Waals surface area contributed by atoms with Gasteiger partial charge in [-0.1, -0.05) is 12.1 Å². The average Bonchev–Trinajstić information content (AvgIpc) is 3.38. The minimum Gasteiger partial charge on any atom is -0.497 e. The summed E-state index contributed by atoms with van der Waals surface area (Å²) in [6.07, 6.45) is 2.51. The Morgan fingerprint density at radius 3 is 2.68 bits per heavy atom. The first kappa shape index (κ1) is 17.9. The van der Waals surface area contributed by atoms with Gasteiger partial charge in [0.1, 0.15) is 5.75 Å². The number of carbonyl (C=O) groups is 2. The van der Waals surface area contributed by atoms with Gasteiger partial charge in [0.05, 0.1) is 19.8 Å². The summed E-state index contributed by atoms with van der Waals surface area (Å²) in [7, 11) is 1.61. The van der Waals surface area contributed by atoms with Crippen molar-refractivity contribution in [2.45, 2.75) is 12.8 Å². The Balaban J connectivity index is 1.43. The molecule has 28 heavy (non-hydrogen) atoms. The van der Waals surface area contributed by atoms with Crippen LogP contribution in [0.15, 0.2) is 65.3 Å². The van der Waals surface area contributed by atoms with Gasteiger partial charge < -0.3 is 19.4 Å². The van der Waals surface area contributed by atoms with Crippen molar-refractivity contribution in [1.29, 1.82) is 0 Å². The molecule has 2 heterocycles. The second-order valence-corrected chi connectivity index (χ2v) is 6.60. The number of carbonyl (C=O) groups excluding carboxylic acids is 2. The summed E-state index contributed by atoms with van der Waals surface area (Å²) in [6.45, 7) is 0.595. The molecule has 0 saturated carbocycles. The van der Waals surface area contributed by atoms with E-state index in [2.05, 4.69) is 5.32 Å². The lowest BCUT2D eigenvalue weighted by Gasteiger charge is -2.16. The number of benzene rings is 2. The van der Waals surface area contributed by atoms with Crippen molar-refractivity contribution >= 4 is 23.2 Å². The highest BCUT2D eigenvalue weighted by atomic mass is 16.5. The highest BCUT2D eigenvalue weighted by Gasteiger charge is 2.27. The molecule has 0 bridgehead atoms.